The molecule has 0 spiro atoms. The van der Waals surface area contributed by atoms with Crippen LogP contribution in [0.25, 0.3) is 0 Å². The molecule has 0 amide bonds. The summed E-state index contributed by atoms with van der Waals surface area (Å²) in [5, 5.41) is 0. The van der Waals surface area contributed by atoms with Crippen LogP contribution in [0.4, 0.5) is 11.4 Å². The first-order valence-electron chi connectivity index (χ1n) is 25.4. The third-order valence-electron chi connectivity index (χ3n) is 13.4. The van der Waals surface area contributed by atoms with E-state index in [0.717, 1.165) is 24.2 Å². The van der Waals surface area contributed by atoms with Crippen LogP contribution in [0.1, 0.15) is 233 Å². The lowest BCUT2D eigenvalue weighted by Gasteiger charge is -2.21. The fourth-order valence-electron chi connectivity index (χ4n) is 9.58. The van der Waals surface area contributed by atoms with E-state index >= 15 is 0 Å². The zero-order valence-electron chi connectivity index (χ0n) is 38.9. The molecular formula is C58H88N2. The van der Waals surface area contributed by atoms with E-state index in [1.54, 1.807) is 0 Å². The summed E-state index contributed by atoms with van der Waals surface area (Å²) in [4.78, 5) is 0. The molecule has 2 unspecified atom stereocenters. The van der Waals surface area contributed by atoms with E-state index < -0.39 is 0 Å². The molecule has 4 aromatic carbocycles. The summed E-state index contributed by atoms with van der Waals surface area (Å²) >= 11 is 0. The summed E-state index contributed by atoms with van der Waals surface area (Å²) < 4.78 is 0. The van der Waals surface area contributed by atoms with Crippen LogP contribution in [0.2, 0.25) is 0 Å². The number of hydrogen-bond acceptors (Lipinski definition) is 2. The number of nitrogen functional groups attached to an aromatic ring is 2. The fourth-order valence-corrected chi connectivity index (χ4v) is 9.58. The number of rotatable bonds is 34. The molecule has 330 valence electrons. The van der Waals surface area contributed by atoms with Gasteiger partial charge in [0.2, 0.25) is 0 Å². The molecule has 0 bridgehead atoms. The molecule has 0 aliphatic heterocycles. The molecule has 4 aromatic rings. The highest BCUT2D eigenvalue weighted by Gasteiger charge is 2.18. The van der Waals surface area contributed by atoms with Crippen molar-refractivity contribution in [3.63, 3.8) is 0 Å². The monoisotopic (exact) mass is 813 g/mol. The topological polar surface area (TPSA) is 52.0 Å². The van der Waals surface area contributed by atoms with Crippen LogP contribution in [0, 0.1) is 5.92 Å². The molecule has 2 atom stereocenters. The Morgan fingerprint density at radius 1 is 0.300 bits per heavy atom. The van der Waals surface area contributed by atoms with E-state index in [-0.39, 0.29) is 0 Å². The molecule has 4 N–H and O–H groups in total. The van der Waals surface area contributed by atoms with Crippen LogP contribution in [0.3, 0.4) is 0 Å². The molecule has 4 rings (SSSR count). The maximum absolute atomic E-state index is 6.13. The second kappa shape index (κ2) is 30.5. The molecule has 0 saturated heterocycles. The molecule has 0 heterocycles. The first-order chi connectivity index (χ1) is 29.5. The Bertz CT molecular complexity index is 1480. The average Bonchev–Trinajstić information content (AvgIpc) is 3.26. The predicted molar refractivity (Wildman–Crippen MR) is 266 cm³/mol. The highest BCUT2D eigenvalue weighted by Crippen LogP contribution is 2.34. The van der Waals surface area contributed by atoms with E-state index in [9.17, 15) is 0 Å². The Labute approximate surface area is 370 Å². The van der Waals surface area contributed by atoms with E-state index in [1.165, 1.54) is 200 Å². The van der Waals surface area contributed by atoms with Crippen molar-refractivity contribution >= 4 is 11.4 Å². The Balaban J connectivity index is 1.35. The fraction of sp³-hybridized carbons (Fsp3) is 0.586. The van der Waals surface area contributed by atoms with Crippen LogP contribution < -0.4 is 11.5 Å². The van der Waals surface area contributed by atoms with E-state index in [0.29, 0.717) is 17.8 Å². The Hall–Kier alpha value is -3.52. The summed E-state index contributed by atoms with van der Waals surface area (Å²) in [6.45, 7) is 6.93. The van der Waals surface area contributed by atoms with Gasteiger partial charge in [0, 0.05) is 23.2 Å². The van der Waals surface area contributed by atoms with Crippen molar-refractivity contribution in [1.82, 2.24) is 0 Å². The van der Waals surface area contributed by atoms with Crippen molar-refractivity contribution < 1.29 is 0 Å². The summed E-state index contributed by atoms with van der Waals surface area (Å²) in [5.41, 5.74) is 22.6. The number of benzene rings is 4. The van der Waals surface area contributed by atoms with Crippen LogP contribution in [-0.4, -0.2) is 0 Å². The van der Waals surface area contributed by atoms with Crippen molar-refractivity contribution in [2.75, 3.05) is 11.5 Å². The lowest BCUT2D eigenvalue weighted by Crippen LogP contribution is -2.10. The molecule has 2 heteroatoms. The molecule has 2 nitrogen and oxygen atoms in total. The van der Waals surface area contributed by atoms with Gasteiger partial charge in [-0.1, -0.05) is 241 Å². The lowest BCUT2D eigenvalue weighted by atomic mass is 9.83. The van der Waals surface area contributed by atoms with Gasteiger partial charge in [-0.3, -0.25) is 0 Å². The van der Waals surface area contributed by atoms with Crippen LogP contribution in [-0.2, 0) is 12.8 Å². The molecule has 0 radical (unpaired) electrons. The van der Waals surface area contributed by atoms with Gasteiger partial charge >= 0.3 is 0 Å². The normalized spacial score (nSPS) is 13.1. The first kappa shape index (κ1) is 49.1. The minimum atomic E-state index is 0.426. The summed E-state index contributed by atoms with van der Waals surface area (Å²) in [6.07, 6.45) is 37.4. The zero-order valence-corrected chi connectivity index (χ0v) is 38.9. The average molecular weight is 813 g/mol. The smallest absolute Gasteiger partial charge is 0.0314 e. The van der Waals surface area contributed by atoms with Gasteiger partial charge in [-0.2, -0.15) is 0 Å². The zero-order chi connectivity index (χ0) is 42.5. The highest BCUT2D eigenvalue weighted by molar-refractivity contribution is 5.44. The maximum atomic E-state index is 6.13. The van der Waals surface area contributed by atoms with Crippen molar-refractivity contribution in [3.8, 4) is 0 Å². The SMILES string of the molecule is CCCCCCCCCCCCC(c1ccc(N)cc1)c1ccc(CC(CCCCC)Cc2ccc(C(CCCCCCCCCCCC)c3ccc(N)cc3)cc2)cc1. The number of anilines is 2. The highest BCUT2D eigenvalue weighted by atomic mass is 14.5. The molecule has 0 fully saturated rings. The van der Waals surface area contributed by atoms with Gasteiger partial charge in [-0.25, -0.2) is 0 Å². The van der Waals surface area contributed by atoms with Crippen LogP contribution in [0.5, 0.6) is 0 Å². The molecule has 0 aliphatic rings. The molecule has 0 saturated carbocycles. The quantitative estimate of drug-likeness (QED) is 0.0365. The predicted octanol–water partition coefficient (Wildman–Crippen LogP) is 17.7. The van der Waals surface area contributed by atoms with E-state index in [4.69, 9.17) is 11.5 Å². The Morgan fingerprint density at radius 3 is 0.867 bits per heavy atom. The van der Waals surface area contributed by atoms with Crippen molar-refractivity contribution in [3.05, 3.63) is 130 Å². The summed E-state index contributed by atoms with van der Waals surface area (Å²) in [5.74, 6) is 1.50. The third-order valence-corrected chi connectivity index (χ3v) is 13.4. The van der Waals surface area contributed by atoms with Gasteiger partial charge in [0.1, 0.15) is 0 Å². The molecule has 0 aromatic heterocycles. The minimum absolute atomic E-state index is 0.426. The summed E-state index contributed by atoms with van der Waals surface area (Å²) in [7, 11) is 0. The Kier molecular flexibility index (Phi) is 25.0. The minimum Gasteiger partial charge on any atom is -0.399 e. The standard InChI is InChI=1S/C58H88N2/c1-4-7-10-12-14-16-18-20-22-25-28-57(53-38-42-55(59)43-39-53)51-34-30-48(31-35-51)46-50(27-24-9-6-3)47-49-32-36-52(37-33-49)58(54-40-44-56(60)45-41-54)29-26-23-21-19-17-15-13-11-8-5-2/h30-45,50,57-58H,4-29,46-47,59-60H2,1-3H3. The summed E-state index contributed by atoms with van der Waals surface area (Å²) in [6, 6.07) is 36.9. The van der Waals surface area contributed by atoms with Crippen molar-refractivity contribution in [2.24, 2.45) is 5.92 Å². The van der Waals surface area contributed by atoms with Gasteiger partial charge in [0.05, 0.1) is 0 Å². The lowest BCUT2D eigenvalue weighted by molar-refractivity contribution is 0.452. The van der Waals surface area contributed by atoms with Crippen LogP contribution in [0.15, 0.2) is 97.1 Å². The van der Waals surface area contributed by atoms with Crippen LogP contribution >= 0.6 is 0 Å². The van der Waals surface area contributed by atoms with Crippen molar-refractivity contribution in [1.29, 1.82) is 0 Å². The Morgan fingerprint density at radius 2 is 0.550 bits per heavy atom. The van der Waals surface area contributed by atoms with Gasteiger partial charge in [0.15, 0.2) is 0 Å². The van der Waals surface area contributed by atoms with E-state index in [1.807, 2.05) is 0 Å². The largest absolute Gasteiger partial charge is 0.399 e. The first-order valence-corrected chi connectivity index (χ1v) is 25.4. The third kappa shape index (κ3) is 19.5. The van der Waals surface area contributed by atoms with Gasteiger partial charge in [-0.15, -0.1) is 0 Å². The number of unbranched alkanes of at least 4 members (excludes halogenated alkanes) is 20. The number of nitrogens with two attached hydrogens (primary N) is 2. The second-order valence-corrected chi connectivity index (χ2v) is 18.6. The van der Waals surface area contributed by atoms with Gasteiger partial charge in [0.25, 0.3) is 0 Å². The molecule has 60 heavy (non-hydrogen) atoms. The number of hydrogen-bond donors (Lipinski definition) is 2. The van der Waals surface area contributed by atoms with Gasteiger partial charge in [-0.05, 0) is 95.7 Å². The van der Waals surface area contributed by atoms with Gasteiger partial charge < -0.3 is 11.5 Å². The maximum Gasteiger partial charge on any atom is 0.0314 e. The molecule has 0 aliphatic carbocycles. The molecular weight excluding hydrogens is 725 g/mol. The van der Waals surface area contributed by atoms with E-state index in [2.05, 4.69) is 118 Å². The van der Waals surface area contributed by atoms with Crippen molar-refractivity contribution in [2.45, 2.75) is 212 Å². The second-order valence-electron chi connectivity index (χ2n) is 18.6.